The second kappa shape index (κ2) is 5.38. The van der Waals surface area contributed by atoms with Gasteiger partial charge in [-0.25, -0.2) is 8.60 Å². The molecule has 1 aliphatic heterocycles. The van der Waals surface area contributed by atoms with Gasteiger partial charge in [-0.05, 0) is 48.5 Å². The van der Waals surface area contributed by atoms with Crippen molar-refractivity contribution in [3.8, 4) is 0 Å². The minimum absolute atomic E-state index is 0.241. The monoisotopic (exact) mass is 327 g/mol. The van der Waals surface area contributed by atoms with Gasteiger partial charge >= 0.3 is 0 Å². The first-order valence-electron chi connectivity index (χ1n) is 6.85. The highest BCUT2D eigenvalue weighted by molar-refractivity contribution is 7.99. The fraction of sp³-hybridized carbons (Fsp3) is 0. The molecule has 0 amide bonds. The Kier molecular flexibility index (Phi) is 3.36. The molecule has 22 heavy (non-hydrogen) atoms. The predicted octanol–water partition coefficient (Wildman–Crippen LogP) is 4.40. The summed E-state index contributed by atoms with van der Waals surface area (Å²) in [5.74, 6) is -0.241. The molecule has 1 aliphatic rings. The van der Waals surface area contributed by atoms with Crippen LogP contribution >= 0.6 is 0 Å². The first kappa shape index (κ1) is 13.7. The van der Waals surface area contributed by atoms with Gasteiger partial charge in [-0.1, -0.05) is 24.3 Å². The number of benzene rings is 3. The normalized spacial score (nSPS) is 19.3. The van der Waals surface area contributed by atoms with Crippen LogP contribution in [0.2, 0.25) is 0 Å². The Balaban J connectivity index is 2.00. The van der Waals surface area contributed by atoms with E-state index in [1.165, 1.54) is 12.1 Å². The van der Waals surface area contributed by atoms with Crippen LogP contribution in [0.25, 0.3) is 0 Å². The zero-order valence-electron chi connectivity index (χ0n) is 11.5. The van der Waals surface area contributed by atoms with Gasteiger partial charge in [0.1, 0.15) is 16.7 Å². The van der Waals surface area contributed by atoms with Crippen LogP contribution in [0.15, 0.2) is 97.3 Å². The smallest absolute Gasteiger partial charge is 0.183 e. The van der Waals surface area contributed by atoms with Crippen LogP contribution in [0.5, 0.6) is 0 Å². The van der Waals surface area contributed by atoms with E-state index in [4.69, 9.17) is 0 Å². The van der Waals surface area contributed by atoms with Gasteiger partial charge < -0.3 is 0 Å². The summed E-state index contributed by atoms with van der Waals surface area (Å²) >= 11 is 0. The summed E-state index contributed by atoms with van der Waals surface area (Å²) in [5.41, 5.74) is 0. The number of halogens is 1. The topological polar surface area (TPSA) is 17.1 Å². The fourth-order valence-electron chi connectivity index (χ4n) is 2.61. The molecule has 4 heteroatoms. The molecule has 4 rings (SSSR count). The van der Waals surface area contributed by atoms with Crippen molar-refractivity contribution in [1.82, 2.24) is 0 Å². The van der Waals surface area contributed by atoms with E-state index < -0.39 is 10.8 Å². The SMILES string of the molecule is O=S1c2ccccc2[S+](c2ccc(F)cc2)c2ccccc21. The van der Waals surface area contributed by atoms with E-state index in [1.54, 1.807) is 0 Å². The highest BCUT2D eigenvalue weighted by Gasteiger charge is 2.40. The van der Waals surface area contributed by atoms with Crippen molar-refractivity contribution in [3.63, 3.8) is 0 Å². The van der Waals surface area contributed by atoms with E-state index in [9.17, 15) is 8.60 Å². The Morgan fingerprint density at radius 2 is 1.23 bits per heavy atom. The Labute approximate surface area is 133 Å². The number of rotatable bonds is 1. The fourth-order valence-corrected chi connectivity index (χ4v) is 6.82. The molecule has 0 N–H and O–H groups in total. The number of hydrogen-bond acceptors (Lipinski definition) is 1. The molecular weight excluding hydrogens is 315 g/mol. The summed E-state index contributed by atoms with van der Waals surface area (Å²) in [6, 6.07) is 22.3. The summed E-state index contributed by atoms with van der Waals surface area (Å²) in [4.78, 5) is 4.87. The molecule has 0 aliphatic carbocycles. The van der Waals surface area contributed by atoms with Crippen LogP contribution in [0, 0.1) is 5.82 Å². The van der Waals surface area contributed by atoms with Crippen LogP contribution in [-0.4, -0.2) is 4.21 Å². The third-order valence-electron chi connectivity index (χ3n) is 3.59. The van der Waals surface area contributed by atoms with Crippen molar-refractivity contribution in [2.45, 2.75) is 24.5 Å². The second-order valence-electron chi connectivity index (χ2n) is 4.92. The van der Waals surface area contributed by atoms with Crippen molar-refractivity contribution in [1.29, 1.82) is 0 Å². The Hall–Kier alpha value is -1.91. The zero-order chi connectivity index (χ0) is 15.1. The summed E-state index contributed by atoms with van der Waals surface area (Å²) in [5, 5.41) is 0. The van der Waals surface area contributed by atoms with Crippen molar-refractivity contribution in [2.24, 2.45) is 0 Å². The van der Waals surface area contributed by atoms with E-state index in [-0.39, 0.29) is 16.7 Å². The summed E-state index contributed by atoms with van der Waals surface area (Å²) in [7, 11) is -1.50. The first-order valence-corrected chi connectivity index (χ1v) is 9.23. The molecule has 0 spiro atoms. The number of hydrogen-bond donors (Lipinski definition) is 0. The van der Waals surface area contributed by atoms with Crippen molar-refractivity contribution in [2.75, 3.05) is 0 Å². The van der Waals surface area contributed by atoms with Crippen LogP contribution < -0.4 is 0 Å². The molecule has 0 fully saturated rings. The van der Waals surface area contributed by atoms with E-state index in [0.717, 1.165) is 24.5 Å². The molecule has 3 aromatic carbocycles. The molecule has 0 bridgehead atoms. The molecule has 0 unspecified atom stereocenters. The lowest BCUT2D eigenvalue weighted by molar-refractivity contribution is 0.626. The average Bonchev–Trinajstić information content (AvgIpc) is 2.57. The maximum atomic E-state index is 13.3. The molecular formula is C18H12FOS2+. The second-order valence-corrected chi connectivity index (χ2v) is 8.30. The van der Waals surface area contributed by atoms with Crippen molar-refractivity contribution < 1.29 is 8.60 Å². The summed E-state index contributed by atoms with van der Waals surface area (Å²) in [6.45, 7) is 0. The predicted molar refractivity (Wildman–Crippen MR) is 86.1 cm³/mol. The molecule has 0 saturated carbocycles. The van der Waals surface area contributed by atoms with E-state index in [2.05, 4.69) is 0 Å². The lowest BCUT2D eigenvalue weighted by atomic mass is 10.3. The maximum absolute atomic E-state index is 13.3. The molecule has 1 heterocycles. The quantitative estimate of drug-likeness (QED) is 0.474. The van der Waals surface area contributed by atoms with Crippen LogP contribution in [0.1, 0.15) is 0 Å². The van der Waals surface area contributed by atoms with Gasteiger partial charge in [0.2, 0.25) is 0 Å². The average molecular weight is 327 g/mol. The third kappa shape index (κ3) is 2.11. The van der Waals surface area contributed by atoms with Crippen LogP contribution in [0.4, 0.5) is 4.39 Å². The highest BCUT2D eigenvalue weighted by atomic mass is 32.2. The maximum Gasteiger partial charge on any atom is 0.183 e. The molecule has 0 aromatic heterocycles. The minimum atomic E-state index is -1.16. The molecule has 108 valence electrons. The third-order valence-corrected chi connectivity index (χ3v) is 7.69. The van der Waals surface area contributed by atoms with E-state index in [1.807, 2.05) is 60.7 Å². The lowest BCUT2D eigenvalue weighted by Gasteiger charge is -2.18. The molecule has 1 nitrogen and oxygen atoms in total. The lowest BCUT2D eigenvalue weighted by Crippen LogP contribution is -2.16. The largest absolute Gasteiger partial charge is 0.249 e. The zero-order valence-corrected chi connectivity index (χ0v) is 13.2. The van der Waals surface area contributed by atoms with Gasteiger partial charge in [-0.3, -0.25) is 0 Å². The Morgan fingerprint density at radius 1 is 0.727 bits per heavy atom. The molecule has 0 atom stereocenters. The Bertz CT molecular complexity index is 825. The first-order chi connectivity index (χ1) is 10.8. The van der Waals surface area contributed by atoms with Gasteiger partial charge in [0.05, 0.1) is 20.6 Å². The van der Waals surface area contributed by atoms with Crippen molar-refractivity contribution >= 4 is 21.7 Å². The molecule has 3 aromatic rings. The van der Waals surface area contributed by atoms with Gasteiger partial charge in [0.15, 0.2) is 14.7 Å². The van der Waals surface area contributed by atoms with Gasteiger partial charge in [0, 0.05) is 0 Å². The van der Waals surface area contributed by atoms with Crippen molar-refractivity contribution in [3.05, 3.63) is 78.6 Å². The molecule has 0 radical (unpaired) electrons. The summed E-state index contributed by atoms with van der Waals surface area (Å²) < 4.78 is 26.1. The van der Waals surface area contributed by atoms with Crippen LogP contribution in [-0.2, 0) is 21.7 Å². The van der Waals surface area contributed by atoms with Crippen LogP contribution in [0.3, 0.4) is 0 Å². The van der Waals surface area contributed by atoms with Gasteiger partial charge in [-0.15, -0.1) is 0 Å². The van der Waals surface area contributed by atoms with Gasteiger partial charge in [0.25, 0.3) is 0 Å². The number of fused-ring (bicyclic) bond motifs is 2. The summed E-state index contributed by atoms with van der Waals surface area (Å²) in [6.07, 6.45) is 0. The van der Waals surface area contributed by atoms with E-state index in [0.29, 0.717) is 0 Å². The minimum Gasteiger partial charge on any atom is -0.249 e. The van der Waals surface area contributed by atoms with E-state index >= 15 is 0 Å². The Morgan fingerprint density at radius 3 is 1.77 bits per heavy atom. The van der Waals surface area contributed by atoms with Gasteiger partial charge in [-0.2, -0.15) is 0 Å². The standard InChI is InChI=1S/C18H12FOS2/c19-13-9-11-14(12-10-13)21-15-5-1-3-7-17(15)22(20)18-8-4-2-6-16(18)21/h1-12H/q+1. The molecule has 0 saturated heterocycles. The highest BCUT2D eigenvalue weighted by Crippen LogP contribution is 2.42.